The SMILES string of the molecule is Cc1c(Cc2ccccc2)c(=O)oc2cc(OCC(=O)N3CCC[C@@H]3C(=O)[O-])ccc12. The number of ether oxygens (including phenoxy) is 1. The molecule has 31 heavy (non-hydrogen) atoms. The first-order chi connectivity index (χ1) is 14.9. The van der Waals surface area contributed by atoms with Crippen molar-refractivity contribution in [3.05, 3.63) is 75.6 Å². The van der Waals surface area contributed by atoms with E-state index in [2.05, 4.69) is 0 Å². The van der Waals surface area contributed by atoms with Crippen molar-refractivity contribution in [3.8, 4) is 5.75 Å². The van der Waals surface area contributed by atoms with Gasteiger partial charge in [0.15, 0.2) is 6.61 Å². The predicted octanol–water partition coefficient (Wildman–Crippen LogP) is 1.81. The highest BCUT2D eigenvalue weighted by atomic mass is 16.5. The molecule has 2 aromatic carbocycles. The number of aryl methyl sites for hydroxylation is 1. The standard InChI is InChI=1S/C24H23NO6/c1-15-18-10-9-17(30-14-22(26)25-11-5-8-20(25)23(27)28)13-21(18)31-24(29)19(15)12-16-6-3-2-4-7-16/h2-4,6-7,9-10,13,20H,5,8,11-12,14H2,1H3,(H,27,28)/p-1/t20-/m1/s1. The molecule has 0 N–H and O–H groups in total. The second-order valence-electron chi connectivity index (χ2n) is 7.67. The molecule has 1 atom stereocenters. The van der Waals surface area contributed by atoms with Crippen molar-refractivity contribution in [1.82, 2.24) is 4.90 Å². The molecule has 1 aliphatic rings. The number of aliphatic carboxylic acids is 1. The summed E-state index contributed by atoms with van der Waals surface area (Å²) in [6, 6.07) is 13.9. The van der Waals surface area contributed by atoms with Gasteiger partial charge in [0.1, 0.15) is 11.3 Å². The molecule has 3 aromatic rings. The van der Waals surface area contributed by atoms with Gasteiger partial charge in [-0.25, -0.2) is 4.79 Å². The van der Waals surface area contributed by atoms with Crippen molar-refractivity contribution in [2.45, 2.75) is 32.2 Å². The Balaban J connectivity index is 1.52. The van der Waals surface area contributed by atoms with Crippen LogP contribution in [0.2, 0.25) is 0 Å². The third-order valence-corrected chi connectivity index (χ3v) is 5.69. The summed E-state index contributed by atoms with van der Waals surface area (Å²) in [5, 5.41) is 11.9. The highest BCUT2D eigenvalue weighted by Crippen LogP contribution is 2.25. The Morgan fingerprint density at radius 1 is 1.19 bits per heavy atom. The number of nitrogens with zero attached hydrogens (tertiary/aromatic N) is 1. The summed E-state index contributed by atoms with van der Waals surface area (Å²) in [7, 11) is 0. The van der Waals surface area contributed by atoms with E-state index < -0.39 is 23.5 Å². The van der Waals surface area contributed by atoms with Crippen LogP contribution in [0.1, 0.15) is 29.5 Å². The van der Waals surface area contributed by atoms with Gasteiger partial charge in [-0.15, -0.1) is 0 Å². The lowest BCUT2D eigenvalue weighted by molar-refractivity contribution is -0.310. The zero-order valence-electron chi connectivity index (χ0n) is 17.1. The molecule has 0 radical (unpaired) electrons. The van der Waals surface area contributed by atoms with Crippen molar-refractivity contribution in [1.29, 1.82) is 0 Å². The molecule has 1 amide bonds. The first-order valence-corrected chi connectivity index (χ1v) is 10.2. The molecule has 2 heterocycles. The molecule has 0 saturated carbocycles. The van der Waals surface area contributed by atoms with Crippen LogP contribution in [-0.2, 0) is 16.0 Å². The monoisotopic (exact) mass is 420 g/mol. The number of carboxylic acid groups (broad SMARTS) is 1. The van der Waals surface area contributed by atoms with Crippen molar-refractivity contribution in [3.63, 3.8) is 0 Å². The Morgan fingerprint density at radius 3 is 2.71 bits per heavy atom. The maximum Gasteiger partial charge on any atom is 0.340 e. The van der Waals surface area contributed by atoms with Gasteiger partial charge in [-0.2, -0.15) is 0 Å². The molecule has 0 aliphatic carbocycles. The summed E-state index contributed by atoms with van der Waals surface area (Å²) >= 11 is 0. The number of hydrogen-bond donors (Lipinski definition) is 0. The molecular weight excluding hydrogens is 398 g/mol. The summed E-state index contributed by atoms with van der Waals surface area (Å²) < 4.78 is 11.1. The summed E-state index contributed by atoms with van der Waals surface area (Å²) in [5.74, 6) is -1.30. The summed E-state index contributed by atoms with van der Waals surface area (Å²) in [4.78, 5) is 37.4. The number of fused-ring (bicyclic) bond motifs is 1. The van der Waals surface area contributed by atoms with Gasteiger partial charge < -0.3 is 24.0 Å². The number of carboxylic acids is 1. The van der Waals surface area contributed by atoms with E-state index in [0.717, 1.165) is 16.5 Å². The highest BCUT2D eigenvalue weighted by Gasteiger charge is 2.29. The third kappa shape index (κ3) is 4.30. The fourth-order valence-electron chi connectivity index (χ4n) is 4.01. The lowest BCUT2D eigenvalue weighted by Gasteiger charge is -2.25. The smallest absolute Gasteiger partial charge is 0.340 e. The van der Waals surface area contributed by atoms with Crippen LogP contribution < -0.4 is 15.5 Å². The van der Waals surface area contributed by atoms with Crippen molar-refractivity contribution < 1.29 is 23.8 Å². The minimum absolute atomic E-state index is 0.301. The van der Waals surface area contributed by atoms with E-state index in [-0.39, 0.29) is 6.61 Å². The molecule has 7 nitrogen and oxygen atoms in total. The Morgan fingerprint density at radius 2 is 1.97 bits per heavy atom. The minimum atomic E-state index is -1.25. The van der Waals surface area contributed by atoms with Crippen LogP contribution in [0.4, 0.5) is 0 Å². The van der Waals surface area contributed by atoms with Gasteiger partial charge in [-0.05, 0) is 43.0 Å². The summed E-state index contributed by atoms with van der Waals surface area (Å²) in [6.45, 7) is 1.95. The van der Waals surface area contributed by atoms with Crippen LogP contribution in [-0.4, -0.2) is 36.0 Å². The second-order valence-corrected chi connectivity index (χ2v) is 7.67. The molecule has 4 rings (SSSR count). The fraction of sp³-hybridized carbons (Fsp3) is 0.292. The number of rotatable bonds is 6. The first-order valence-electron chi connectivity index (χ1n) is 10.2. The number of carbonyl (C=O) groups excluding carboxylic acids is 2. The van der Waals surface area contributed by atoms with Gasteiger partial charge in [-0.1, -0.05) is 30.3 Å². The van der Waals surface area contributed by atoms with Crippen LogP contribution in [0.3, 0.4) is 0 Å². The minimum Gasteiger partial charge on any atom is -0.548 e. The van der Waals surface area contributed by atoms with E-state index in [1.54, 1.807) is 18.2 Å². The predicted molar refractivity (Wildman–Crippen MR) is 112 cm³/mol. The first kappa shape index (κ1) is 20.7. The van der Waals surface area contributed by atoms with Crippen LogP contribution in [0.15, 0.2) is 57.7 Å². The van der Waals surface area contributed by atoms with Crippen molar-refractivity contribution >= 4 is 22.8 Å². The Labute approximate surface area is 178 Å². The van der Waals surface area contributed by atoms with E-state index in [0.29, 0.717) is 42.7 Å². The van der Waals surface area contributed by atoms with Gasteiger partial charge in [0.05, 0.1) is 12.0 Å². The van der Waals surface area contributed by atoms with Gasteiger partial charge in [0.25, 0.3) is 5.91 Å². The average Bonchev–Trinajstić information content (AvgIpc) is 3.26. The quantitative estimate of drug-likeness (QED) is 0.564. The Hall–Kier alpha value is -3.61. The molecule has 7 heteroatoms. The fourth-order valence-corrected chi connectivity index (χ4v) is 4.01. The number of likely N-dealkylation sites (tertiary alicyclic amines) is 1. The average molecular weight is 420 g/mol. The molecule has 1 aliphatic heterocycles. The van der Waals surface area contributed by atoms with E-state index in [1.807, 2.05) is 37.3 Å². The normalized spacial score (nSPS) is 15.9. The molecule has 0 spiro atoms. The zero-order valence-corrected chi connectivity index (χ0v) is 17.1. The van der Waals surface area contributed by atoms with Crippen molar-refractivity contribution in [2.75, 3.05) is 13.2 Å². The van der Waals surface area contributed by atoms with Gasteiger partial charge in [0, 0.05) is 30.0 Å². The highest BCUT2D eigenvalue weighted by molar-refractivity contribution is 5.85. The maximum atomic E-state index is 12.6. The van der Waals surface area contributed by atoms with Gasteiger partial charge in [0.2, 0.25) is 0 Å². The van der Waals surface area contributed by atoms with E-state index in [4.69, 9.17) is 9.15 Å². The number of hydrogen-bond acceptors (Lipinski definition) is 6. The van der Waals surface area contributed by atoms with Crippen molar-refractivity contribution in [2.24, 2.45) is 0 Å². The molecule has 160 valence electrons. The van der Waals surface area contributed by atoms with Crippen LogP contribution in [0, 0.1) is 6.92 Å². The zero-order chi connectivity index (χ0) is 22.0. The molecule has 1 saturated heterocycles. The molecule has 1 fully saturated rings. The molecular formula is C24H22NO6-. The Bertz CT molecular complexity index is 1180. The summed E-state index contributed by atoms with van der Waals surface area (Å²) in [6.07, 6.45) is 1.49. The van der Waals surface area contributed by atoms with E-state index in [9.17, 15) is 19.5 Å². The van der Waals surface area contributed by atoms with Crippen LogP contribution in [0.25, 0.3) is 11.0 Å². The van der Waals surface area contributed by atoms with E-state index >= 15 is 0 Å². The largest absolute Gasteiger partial charge is 0.548 e. The van der Waals surface area contributed by atoms with Gasteiger partial charge >= 0.3 is 5.63 Å². The number of carbonyl (C=O) groups is 2. The number of amides is 1. The topological polar surface area (TPSA) is 99.9 Å². The maximum absolute atomic E-state index is 12.6. The van der Waals surface area contributed by atoms with Crippen LogP contribution in [0.5, 0.6) is 5.75 Å². The molecule has 0 bridgehead atoms. The molecule has 1 aromatic heterocycles. The lowest BCUT2D eigenvalue weighted by atomic mass is 10.00. The second kappa shape index (κ2) is 8.63. The number of benzene rings is 2. The Kier molecular flexibility index (Phi) is 5.75. The van der Waals surface area contributed by atoms with E-state index in [1.165, 1.54) is 4.90 Å². The molecule has 0 unspecified atom stereocenters. The van der Waals surface area contributed by atoms with Gasteiger partial charge in [-0.3, -0.25) is 4.79 Å². The van der Waals surface area contributed by atoms with Crippen LogP contribution >= 0.6 is 0 Å². The summed E-state index contributed by atoms with van der Waals surface area (Å²) in [5.41, 5.74) is 2.43. The third-order valence-electron chi connectivity index (χ3n) is 5.69. The lowest BCUT2D eigenvalue weighted by Crippen LogP contribution is -2.48.